The van der Waals surface area contributed by atoms with Gasteiger partial charge in [0, 0.05) is 25.0 Å². The number of nitrogens with zero attached hydrogens (tertiary/aromatic N) is 1. The number of halogens is 1. The normalized spacial score (nSPS) is 11.3. The molecule has 0 radical (unpaired) electrons. The molecule has 2 rings (SSSR count). The maximum atomic E-state index is 5.82. The van der Waals surface area contributed by atoms with Crippen molar-refractivity contribution in [3.63, 3.8) is 0 Å². The van der Waals surface area contributed by atoms with E-state index in [0.29, 0.717) is 18.2 Å². The van der Waals surface area contributed by atoms with Crippen molar-refractivity contribution in [2.45, 2.75) is 6.42 Å². The van der Waals surface area contributed by atoms with Crippen LogP contribution in [-0.4, -0.2) is 32.7 Å². The summed E-state index contributed by atoms with van der Waals surface area (Å²) in [6, 6.07) is 11.1. The molecule has 1 heterocycles. The molecule has 0 aliphatic heterocycles. The minimum atomic E-state index is 0.542. The lowest BCUT2D eigenvalue weighted by atomic mass is 10.3. The van der Waals surface area contributed by atoms with Gasteiger partial charge in [0.05, 0.1) is 12.8 Å². The molecule has 1 aromatic carbocycles. The van der Waals surface area contributed by atoms with Gasteiger partial charge in [0.15, 0.2) is 5.96 Å². The van der Waals surface area contributed by atoms with Crippen LogP contribution in [0.3, 0.4) is 0 Å². The zero-order valence-electron chi connectivity index (χ0n) is 12.5. The lowest BCUT2D eigenvalue weighted by Crippen LogP contribution is -2.40. The van der Waals surface area contributed by atoms with Crippen molar-refractivity contribution in [1.29, 1.82) is 0 Å². The molecule has 118 valence electrons. The van der Waals surface area contributed by atoms with Crippen LogP contribution in [0, 0.1) is 0 Å². The molecule has 0 amide bonds. The second-order valence-electron chi connectivity index (χ2n) is 4.56. The fourth-order valence-corrected chi connectivity index (χ4v) is 1.97. The van der Waals surface area contributed by atoms with Crippen molar-refractivity contribution in [2.24, 2.45) is 4.99 Å². The molecule has 2 aromatic rings. The second-order valence-corrected chi connectivity index (χ2v) is 4.99. The predicted octanol–water partition coefficient (Wildman–Crippen LogP) is 2.72. The summed E-state index contributed by atoms with van der Waals surface area (Å²) in [6.45, 7) is 1.95. The van der Waals surface area contributed by atoms with Gasteiger partial charge in [-0.15, -0.1) is 0 Å². The van der Waals surface area contributed by atoms with E-state index in [1.54, 1.807) is 25.4 Å². The first-order valence-electron chi connectivity index (χ1n) is 7.13. The Kier molecular flexibility index (Phi) is 6.64. The quantitative estimate of drug-likeness (QED) is 0.468. The summed E-state index contributed by atoms with van der Waals surface area (Å²) in [4.78, 5) is 4.15. The van der Waals surface area contributed by atoms with Gasteiger partial charge in [0.2, 0.25) is 0 Å². The van der Waals surface area contributed by atoms with Gasteiger partial charge in [0.1, 0.15) is 18.1 Å². The summed E-state index contributed by atoms with van der Waals surface area (Å²) in [6.07, 6.45) is 2.49. The van der Waals surface area contributed by atoms with Gasteiger partial charge in [0.25, 0.3) is 0 Å². The zero-order chi connectivity index (χ0) is 15.6. The number of nitrogens with one attached hydrogen (secondary N) is 2. The van der Waals surface area contributed by atoms with Gasteiger partial charge >= 0.3 is 0 Å². The molecule has 6 heteroatoms. The second kappa shape index (κ2) is 9.00. The highest BCUT2D eigenvalue weighted by atomic mass is 35.5. The lowest BCUT2D eigenvalue weighted by Gasteiger charge is -2.12. The molecule has 0 saturated heterocycles. The molecule has 0 saturated carbocycles. The van der Waals surface area contributed by atoms with E-state index in [4.69, 9.17) is 20.8 Å². The van der Waals surface area contributed by atoms with Gasteiger partial charge in [-0.3, -0.25) is 4.99 Å². The molecular formula is C16H20ClN3O2. The van der Waals surface area contributed by atoms with Crippen molar-refractivity contribution in [3.8, 4) is 5.75 Å². The maximum Gasteiger partial charge on any atom is 0.191 e. The first-order chi connectivity index (χ1) is 10.8. The Morgan fingerprint density at radius 2 is 1.95 bits per heavy atom. The number of aliphatic imine (C=N–C) groups is 1. The fraction of sp³-hybridized carbons (Fsp3) is 0.312. The molecule has 0 fully saturated rings. The monoisotopic (exact) mass is 321 g/mol. The van der Waals surface area contributed by atoms with E-state index in [1.165, 1.54) is 0 Å². The van der Waals surface area contributed by atoms with E-state index in [0.717, 1.165) is 30.4 Å². The molecule has 5 nitrogen and oxygen atoms in total. The Balaban J connectivity index is 1.60. The van der Waals surface area contributed by atoms with E-state index >= 15 is 0 Å². The molecule has 0 unspecified atom stereocenters. The van der Waals surface area contributed by atoms with E-state index in [-0.39, 0.29) is 0 Å². The SMILES string of the molecule is CN=C(NCCOc1ccc(Cl)cc1)NCCc1ccco1. The minimum absolute atomic E-state index is 0.542. The van der Waals surface area contributed by atoms with Crippen LogP contribution < -0.4 is 15.4 Å². The van der Waals surface area contributed by atoms with Crippen molar-refractivity contribution in [2.75, 3.05) is 26.7 Å². The number of furan rings is 1. The van der Waals surface area contributed by atoms with Crippen LogP contribution in [0.4, 0.5) is 0 Å². The Morgan fingerprint density at radius 1 is 1.18 bits per heavy atom. The van der Waals surface area contributed by atoms with Crippen LogP contribution in [0.1, 0.15) is 5.76 Å². The molecule has 0 aliphatic rings. The van der Waals surface area contributed by atoms with Gasteiger partial charge in [-0.2, -0.15) is 0 Å². The van der Waals surface area contributed by atoms with Crippen LogP contribution in [0.15, 0.2) is 52.1 Å². The summed E-state index contributed by atoms with van der Waals surface area (Å²) in [7, 11) is 1.74. The Bertz CT molecular complexity index is 568. The number of hydrogen-bond donors (Lipinski definition) is 2. The van der Waals surface area contributed by atoms with E-state index < -0.39 is 0 Å². The molecule has 0 bridgehead atoms. The van der Waals surface area contributed by atoms with Gasteiger partial charge in [-0.1, -0.05) is 11.6 Å². The van der Waals surface area contributed by atoms with Crippen molar-refractivity contribution >= 4 is 17.6 Å². The lowest BCUT2D eigenvalue weighted by molar-refractivity contribution is 0.322. The average molecular weight is 322 g/mol. The number of ether oxygens (including phenoxy) is 1. The van der Waals surface area contributed by atoms with Crippen molar-refractivity contribution in [3.05, 3.63) is 53.4 Å². The van der Waals surface area contributed by atoms with Crippen LogP contribution in [0.2, 0.25) is 5.02 Å². The molecule has 0 atom stereocenters. The van der Waals surface area contributed by atoms with Crippen molar-refractivity contribution in [1.82, 2.24) is 10.6 Å². The number of guanidine groups is 1. The molecule has 0 spiro atoms. The highest BCUT2D eigenvalue weighted by Gasteiger charge is 1.99. The standard InChI is InChI=1S/C16H20ClN3O2/c1-18-16(19-9-8-14-3-2-11-21-14)20-10-12-22-15-6-4-13(17)5-7-15/h2-7,11H,8-10,12H2,1H3,(H2,18,19,20). The van der Waals surface area contributed by atoms with Crippen LogP contribution in [-0.2, 0) is 6.42 Å². The Labute approximate surface area is 135 Å². The average Bonchev–Trinajstić information content (AvgIpc) is 3.04. The third-order valence-electron chi connectivity index (χ3n) is 2.94. The van der Waals surface area contributed by atoms with E-state index in [9.17, 15) is 0 Å². The van der Waals surface area contributed by atoms with Crippen LogP contribution in [0.25, 0.3) is 0 Å². The maximum absolute atomic E-state index is 5.82. The fourth-order valence-electron chi connectivity index (χ4n) is 1.85. The highest BCUT2D eigenvalue weighted by Crippen LogP contribution is 2.15. The molecule has 0 aliphatic carbocycles. The third kappa shape index (κ3) is 5.69. The summed E-state index contributed by atoms with van der Waals surface area (Å²) in [5.74, 6) is 2.49. The number of hydrogen-bond acceptors (Lipinski definition) is 3. The first kappa shape index (κ1) is 16.2. The largest absolute Gasteiger partial charge is 0.492 e. The van der Waals surface area contributed by atoms with E-state index in [1.807, 2.05) is 24.3 Å². The molecule has 1 aromatic heterocycles. The molecule has 22 heavy (non-hydrogen) atoms. The van der Waals surface area contributed by atoms with Crippen LogP contribution >= 0.6 is 11.6 Å². The predicted molar refractivity (Wildman–Crippen MR) is 88.7 cm³/mol. The number of benzene rings is 1. The molecular weight excluding hydrogens is 302 g/mol. The highest BCUT2D eigenvalue weighted by molar-refractivity contribution is 6.30. The molecule has 2 N–H and O–H groups in total. The van der Waals surface area contributed by atoms with Crippen LogP contribution in [0.5, 0.6) is 5.75 Å². The summed E-state index contributed by atoms with van der Waals surface area (Å²) in [5.41, 5.74) is 0. The van der Waals surface area contributed by atoms with Crippen molar-refractivity contribution < 1.29 is 9.15 Å². The zero-order valence-corrected chi connectivity index (χ0v) is 13.3. The van der Waals surface area contributed by atoms with E-state index in [2.05, 4.69) is 15.6 Å². The summed E-state index contributed by atoms with van der Waals surface area (Å²) >= 11 is 5.82. The topological polar surface area (TPSA) is 58.8 Å². The number of rotatable bonds is 7. The summed E-state index contributed by atoms with van der Waals surface area (Å²) < 4.78 is 10.9. The van der Waals surface area contributed by atoms with Gasteiger partial charge in [-0.05, 0) is 36.4 Å². The first-order valence-corrected chi connectivity index (χ1v) is 7.51. The summed E-state index contributed by atoms with van der Waals surface area (Å²) in [5, 5.41) is 7.11. The third-order valence-corrected chi connectivity index (χ3v) is 3.20. The Hall–Kier alpha value is -2.14. The van der Waals surface area contributed by atoms with Gasteiger partial charge in [-0.25, -0.2) is 0 Å². The smallest absolute Gasteiger partial charge is 0.191 e. The minimum Gasteiger partial charge on any atom is -0.492 e. The van der Waals surface area contributed by atoms with Gasteiger partial charge < -0.3 is 19.8 Å². The Morgan fingerprint density at radius 3 is 2.64 bits per heavy atom.